The van der Waals surface area contributed by atoms with E-state index in [-0.39, 0.29) is 11.9 Å². The molecule has 1 saturated heterocycles. The van der Waals surface area contributed by atoms with E-state index in [1.165, 1.54) is 11.3 Å². The van der Waals surface area contributed by atoms with Gasteiger partial charge >= 0.3 is 0 Å². The molecule has 0 N–H and O–H groups in total. The van der Waals surface area contributed by atoms with Gasteiger partial charge in [-0.15, -0.1) is 11.3 Å². The first-order valence-electron chi connectivity index (χ1n) is 7.28. The summed E-state index contributed by atoms with van der Waals surface area (Å²) in [5.74, 6) is 0.289. The highest BCUT2D eigenvalue weighted by Crippen LogP contribution is 2.27. The third kappa shape index (κ3) is 2.96. The van der Waals surface area contributed by atoms with E-state index in [9.17, 15) is 4.79 Å². The molecule has 3 rings (SSSR count). The lowest BCUT2D eigenvalue weighted by atomic mass is 10.1. The number of nitrogens with zero attached hydrogens (tertiary/aromatic N) is 2. The second kappa shape index (κ2) is 6.27. The average molecular weight is 288 g/mol. The lowest BCUT2D eigenvalue weighted by molar-refractivity contribution is -0.132. The zero-order valence-corrected chi connectivity index (χ0v) is 12.4. The van der Waals surface area contributed by atoms with Crippen LogP contribution in [0.2, 0.25) is 0 Å². The van der Waals surface area contributed by atoms with Crippen LogP contribution in [0.4, 0.5) is 0 Å². The molecule has 1 aliphatic rings. The van der Waals surface area contributed by atoms with Gasteiger partial charge in [0.25, 0.3) is 0 Å². The van der Waals surface area contributed by atoms with Crippen LogP contribution in [0.3, 0.4) is 0 Å². The molecule has 1 fully saturated rings. The van der Waals surface area contributed by atoms with Gasteiger partial charge in [-0.05, 0) is 42.8 Å². The second-order valence-corrected chi connectivity index (χ2v) is 6.29. The Hall–Kier alpha value is -1.55. The Morgan fingerprint density at radius 2 is 1.90 bits per heavy atom. The first-order chi connectivity index (χ1) is 9.84. The van der Waals surface area contributed by atoms with Gasteiger partial charge in [0.15, 0.2) is 0 Å². The Morgan fingerprint density at radius 3 is 2.55 bits per heavy atom. The van der Waals surface area contributed by atoms with Gasteiger partial charge in [-0.3, -0.25) is 4.79 Å². The Labute approximate surface area is 123 Å². The van der Waals surface area contributed by atoms with E-state index in [1.54, 1.807) is 11.3 Å². The highest BCUT2D eigenvalue weighted by molar-refractivity contribution is 7.10. The van der Waals surface area contributed by atoms with Gasteiger partial charge in [-0.25, -0.2) is 0 Å². The molecule has 2 aromatic rings. The van der Waals surface area contributed by atoms with Crippen LogP contribution in [0.15, 0.2) is 42.0 Å². The van der Waals surface area contributed by atoms with E-state index in [1.807, 2.05) is 29.4 Å². The molecule has 3 nitrogen and oxygen atoms in total. The monoisotopic (exact) mass is 288 g/mol. The van der Waals surface area contributed by atoms with E-state index in [0.29, 0.717) is 6.42 Å². The smallest absolute Gasteiger partial charge is 0.225 e. The van der Waals surface area contributed by atoms with Gasteiger partial charge in [-0.1, -0.05) is 6.07 Å². The highest BCUT2D eigenvalue weighted by atomic mass is 32.1. The maximum Gasteiger partial charge on any atom is 0.225 e. The van der Waals surface area contributed by atoms with Gasteiger partial charge < -0.3 is 9.47 Å². The van der Waals surface area contributed by atoms with E-state index >= 15 is 0 Å². The normalized spacial score (nSPS) is 17.1. The summed E-state index contributed by atoms with van der Waals surface area (Å²) in [5, 5.41) is 2.08. The molecule has 106 valence electrons. The largest absolute Gasteiger partial charge is 0.346 e. The first-order valence-corrected chi connectivity index (χ1v) is 8.16. The number of hydrogen-bond acceptors (Lipinski definition) is 2. The van der Waals surface area contributed by atoms with Crippen molar-refractivity contribution >= 4 is 17.2 Å². The third-order valence-corrected chi connectivity index (χ3v) is 4.91. The summed E-state index contributed by atoms with van der Waals surface area (Å²) in [4.78, 5) is 15.8. The van der Waals surface area contributed by atoms with E-state index in [2.05, 4.69) is 22.1 Å². The van der Waals surface area contributed by atoms with Crippen LogP contribution in [0.1, 0.15) is 36.6 Å². The lowest BCUT2D eigenvalue weighted by Gasteiger charge is -2.28. The third-order valence-electron chi connectivity index (χ3n) is 3.94. The zero-order valence-electron chi connectivity index (χ0n) is 11.6. The van der Waals surface area contributed by atoms with Crippen molar-refractivity contribution in [3.05, 3.63) is 46.9 Å². The fourth-order valence-corrected chi connectivity index (χ4v) is 3.66. The number of rotatable bonds is 4. The minimum absolute atomic E-state index is 0.138. The lowest BCUT2D eigenvalue weighted by Crippen LogP contribution is -2.36. The molecule has 3 heterocycles. The van der Waals surface area contributed by atoms with Crippen LogP contribution in [-0.4, -0.2) is 28.5 Å². The summed E-state index contributed by atoms with van der Waals surface area (Å²) < 4.78 is 2.15. The van der Waals surface area contributed by atoms with Crippen molar-refractivity contribution in [3.8, 4) is 0 Å². The molecule has 1 amide bonds. The molecule has 0 bridgehead atoms. The molecule has 0 aromatic carbocycles. The molecule has 20 heavy (non-hydrogen) atoms. The minimum atomic E-state index is 0.138. The Kier molecular flexibility index (Phi) is 4.21. The number of aromatic nitrogens is 1. The predicted octanol–water partition coefficient (Wildman–Crippen LogP) is 3.54. The topological polar surface area (TPSA) is 25.2 Å². The van der Waals surface area contributed by atoms with Crippen LogP contribution in [0.25, 0.3) is 0 Å². The van der Waals surface area contributed by atoms with Crippen molar-refractivity contribution in [1.29, 1.82) is 0 Å². The van der Waals surface area contributed by atoms with Crippen molar-refractivity contribution in [1.82, 2.24) is 9.47 Å². The van der Waals surface area contributed by atoms with Crippen LogP contribution >= 0.6 is 11.3 Å². The zero-order chi connectivity index (χ0) is 13.8. The first kappa shape index (κ1) is 13.4. The average Bonchev–Trinajstić information content (AvgIpc) is 3.19. The number of carbonyl (C=O) groups excluding carboxylic acids is 1. The number of thiophene rings is 1. The second-order valence-electron chi connectivity index (χ2n) is 5.31. The molecule has 0 aliphatic carbocycles. The van der Waals surface area contributed by atoms with Gasteiger partial charge in [0.2, 0.25) is 5.91 Å². The minimum Gasteiger partial charge on any atom is -0.346 e. The van der Waals surface area contributed by atoms with Gasteiger partial charge in [-0.2, -0.15) is 0 Å². The van der Waals surface area contributed by atoms with Crippen molar-refractivity contribution in [2.24, 2.45) is 0 Å². The summed E-state index contributed by atoms with van der Waals surface area (Å²) in [5.41, 5.74) is 0. The van der Waals surface area contributed by atoms with Crippen LogP contribution in [0, 0.1) is 0 Å². The standard InChI is InChI=1S/C16H20N2OS/c19-16(18-10-2-1-3-11-18)13-14(15-7-6-12-20-15)17-8-4-5-9-17/h4-9,12,14H,1-3,10-11,13H2. The SMILES string of the molecule is O=C(CC(c1cccs1)n1cccc1)N1CCCCC1. The number of likely N-dealkylation sites (tertiary alicyclic amines) is 1. The molecule has 1 aliphatic heterocycles. The summed E-state index contributed by atoms with van der Waals surface area (Å²) in [6.45, 7) is 1.86. The Morgan fingerprint density at radius 1 is 1.15 bits per heavy atom. The summed E-state index contributed by atoms with van der Waals surface area (Å²) in [6.07, 6.45) is 8.23. The van der Waals surface area contributed by atoms with Crippen molar-refractivity contribution in [2.45, 2.75) is 31.7 Å². The van der Waals surface area contributed by atoms with Gasteiger partial charge in [0, 0.05) is 30.4 Å². The summed E-state index contributed by atoms with van der Waals surface area (Å²) in [7, 11) is 0. The van der Waals surface area contributed by atoms with E-state index < -0.39 is 0 Å². The molecule has 0 saturated carbocycles. The van der Waals surface area contributed by atoms with Crippen LogP contribution < -0.4 is 0 Å². The van der Waals surface area contributed by atoms with Crippen LogP contribution in [0.5, 0.6) is 0 Å². The summed E-state index contributed by atoms with van der Waals surface area (Å²) >= 11 is 1.73. The molecule has 1 atom stereocenters. The number of carbonyl (C=O) groups is 1. The molecule has 0 spiro atoms. The fourth-order valence-electron chi connectivity index (χ4n) is 2.83. The molecule has 0 radical (unpaired) electrons. The van der Waals surface area contributed by atoms with E-state index in [4.69, 9.17) is 0 Å². The molecule has 2 aromatic heterocycles. The highest BCUT2D eigenvalue weighted by Gasteiger charge is 2.23. The quantitative estimate of drug-likeness (QED) is 0.844. The van der Waals surface area contributed by atoms with Gasteiger partial charge in [0.1, 0.15) is 0 Å². The molecule has 1 unspecified atom stereocenters. The number of amides is 1. The molecular weight excluding hydrogens is 268 g/mol. The number of piperidine rings is 1. The maximum atomic E-state index is 12.5. The van der Waals surface area contributed by atoms with E-state index in [0.717, 1.165) is 25.9 Å². The van der Waals surface area contributed by atoms with Crippen molar-refractivity contribution in [3.63, 3.8) is 0 Å². The Balaban J connectivity index is 1.75. The van der Waals surface area contributed by atoms with Crippen molar-refractivity contribution in [2.75, 3.05) is 13.1 Å². The number of hydrogen-bond donors (Lipinski definition) is 0. The maximum absolute atomic E-state index is 12.5. The molecule has 4 heteroatoms. The predicted molar refractivity (Wildman–Crippen MR) is 81.9 cm³/mol. The fraction of sp³-hybridized carbons (Fsp3) is 0.438. The molecular formula is C16H20N2OS. The van der Waals surface area contributed by atoms with Gasteiger partial charge in [0.05, 0.1) is 12.5 Å². The Bertz CT molecular complexity index is 493. The summed E-state index contributed by atoms with van der Waals surface area (Å²) in [6, 6.07) is 8.36. The van der Waals surface area contributed by atoms with Crippen molar-refractivity contribution < 1.29 is 4.79 Å². The van der Waals surface area contributed by atoms with Crippen LogP contribution in [-0.2, 0) is 4.79 Å².